The molecule has 6 heteroatoms. The first-order chi connectivity index (χ1) is 7.04. The topological polar surface area (TPSA) is 58.6 Å². The zero-order valence-corrected chi connectivity index (χ0v) is 9.47. The number of ether oxygens (including phenoxy) is 1. The van der Waals surface area contributed by atoms with Crippen molar-refractivity contribution in [2.45, 2.75) is 6.92 Å². The van der Waals surface area contributed by atoms with Gasteiger partial charge in [0.2, 0.25) is 0 Å². The molecule has 0 saturated heterocycles. The van der Waals surface area contributed by atoms with E-state index in [1.54, 1.807) is 6.92 Å². The van der Waals surface area contributed by atoms with Gasteiger partial charge in [-0.3, -0.25) is 5.32 Å². The number of carbonyl (C=O) groups is 1. The summed E-state index contributed by atoms with van der Waals surface area (Å²) in [5.41, 5.74) is -0.130. The number of halogens is 2. The SMILES string of the molecule is CCOc1cc(NC(=O)O)c(F)cc1Br. The summed E-state index contributed by atoms with van der Waals surface area (Å²) in [5.74, 6) is -0.268. The van der Waals surface area contributed by atoms with E-state index in [2.05, 4.69) is 15.9 Å². The molecule has 1 rings (SSSR count). The van der Waals surface area contributed by atoms with E-state index in [0.29, 0.717) is 16.8 Å². The molecule has 0 unspecified atom stereocenters. The second kappa shape index (κ2) is 4.97. The van der Waals surface area contributed by atoms with Crippen LogP contribution in [0.5, 0.6) is 5.75 Å². The maximum atomic E-state index is 13.2. The van der Waals surface area contributed by atoms with Crippen LogP contribution in [-0.4, -0.2) is 17.8 Å². The molecular weight excluding hydrogens is 269 g/mol. The molecule has 0 aromatic heterocycles. The molecule has 1 aromatic rings. The molecule has 0 atom stereocenters. The van der Waals surface area contributed by atoms with E-state index in [1.165, 1.54) is 6.07 Å². The summed E-state index contributed by atoms with van der Waals surface area (Å²) in [4.78, 5) is 10.3. The van der Waals surface area contributed by atoms with Crippen LogP contribution in [0.2, 0.25) is 0 Å². The number of anilines is 1. The van der Waals surface area contributed by atoms with Crippen LogP contribution >= 0.6 is 15.9 Å². The molecule has 0 heterocycles. The molecule has 1 amide bonds. The zero-order chi connectivity index (χ0) is 11.4. The Kier molecular flexibility index (Phi) is 3.90. The highest BCUT2D eigenvalue weighted by molar-refractivity contribution is 9.10. The smallest absolute Gasteiger partial charge is 0.409 e. The summed E-state index contributed by atoms with van der Waals surface area (Å²) in [6.45, 7) is 2.19. The molecule has 1 aromatic carbocycles. The average Bonchev–Trinajstić information content (AvgIpc) is 2.12. The largest absolute Gasteiger partial charge is 0.493 e. The lowest BCUT2D eigenvalue weighted by molar-refractivity contribution is 0.209. The Morgan fingerprint density at radius 3 is 2.87 bits per heavy atom. The van der Waals surface area contributed by atoms with Gasteiger partial charge in [0.1, 0.15) is 11.6 Å². The van der Waals surface area contributed by atoms with Gasteiger partial charge in [-0.25, -0.2) is 9.18 Å². The van der Waals surface area contributed by atoms with Gasteiger partial charge in [0.15, 0.2) is 0 Å². The number of amides is 1. The van der Waals surface area contributed by atoms with Gasteiger partial charge in [-0.1, -0.05) is 0 Å². The van der Waals surface area contributed by atoms with E-state index in [-0.39, 0.29) is 5.69 Å². The Labute approximate surface area is 94.2 Å². The molecule has 0 bridgehead atoms. The fraction of sp³-hybridized carbons (Fsp3) is 0.222. The molecule has 2 N–H and O–H groups in total. The normalized spacial score (nSPS) is 9.80. The van der Waals surface area contributed by atoms with Gasteiger partial charge in [-0.15, -0.1) is 0 Å². The van der Waals surface area contributed by atoms with E-state index in [1.807, 2.05) is 5.32 Å². The lowest BCUT2D eigenvalue weighted by Gasteiger charge is -2.09. The molecule has 0 radical (unpaired) electrons. The standard InChI is InChI=1S/C9H9BrFNO3/c1-2-15-8-4-7(12-9(13)14)6(11)3-5(8)10/h3-4,12H,2H2,1H3,(H,13,14). The Balaban J connectivity index is 3.05. The molecule has 0 aliphatic rings. The van der Waals surface area contributed by atoms with E-state index >= 15 is 0 Å². The van der Waals surface area contributed by atoms with Gasteiger partial charge in [0.05, 0.1) is 16.8 Å². The first-order valence-electron chi connectivity index (χ1n) is 4.16. The van der Waals surface area contributed by atoms with Crippen molar-refractivity contribution >= 4 is 27.7 Å². The van der Waals surface area contributed by atoms with Crippen molar-refractivity contribution in [2.75, 3.05) is 11.9 Å². The number of nitrogens with one attached hydrogen (secondary N) is 1. The summed E-state index contributed by atoms with van der Waals surface area (Å²) in [5, 5.41) is 10.4. The van der Waals surface area contributed by atoms with Gasteiger partial charge in [-0.05, 0) is 28.9 Å². The third-order valence-corrected chi connectivity index (χ3v) is 2.18. The zero-order valence-electron chi connectivity index (χ0n) is 7.88. The minimum absolute atomic E-state index is 0.130. The molecule has 0 aliphatic heterocycles. The maximum absolute atomic E-state index is 13.2. The quantitative estimate of drug-likeness (QED) is 0.893. The molecular formula is C9H9BrFNO3. The fourth-order valence-corrected chi connectivity index (χ4v) is 1.44. The van der Waals surface area contributed by atoms with Gasteiger partial charge >= 0.3 is 6.09 Å². The Hall–Kier alpha value is -1.30. The highest BCUT2D eigenvalue weighted by Gasteiger charge is 2.10. The predicted molar refractivity (Wildman–Crippen MR) is 56.9 cm³/mol. The van der Waals surface area contributed by atoms with Crippen molar-refractivity contribution in [2.24, 2.45) is 0 Å². The van der Waals surface area contributed by atoms with Crippen molar-refractivity contribution in [1.82, 2.24) is 0 Å². The van der Waals surface area contributed by atoms with Gasteiger partial charge in [0, 0.05) is 6.07 Å². The highest BCUT2D eigenvalue weighted by Crippen LogP contribution is 2.30. The molecule has 0 fully saturated rings. The summed E-state index contributed by atoms with van der Waals surface area (Å²) >= 11 is 3.11. The maximum Gasteiger partial charge on any atom is 0.409 e. The van der Waals surface area contributed by atoms with E-state index in [9.17, 15) is 9.18 Å². The van der Waals surface area contributed by atoms with Crippen molar-refractivity contribution in [3.63, 3.8) is 0 Å². The lowest BCUT2D eigenvalue weighted by atomic mass is 10.3. The third kappa shape index (κ3) is 3.09. The second-order valence-electron chi connectivity index (χ2n) is 2.63. The summed E-state index contributed by atoms with van der Waals surface area (Å²) in [6, 6.07) is 2.44. The van der Waals surface area contributed by atoms with Crippen LogP contribution in [-0.2, 0) is 0 Å². The van der Waals surface area contributed by atoms with Crippen LogP contribution in [0.1, 0.15) is 6.92 Å². The number of rotatable bonds is 3. The van der Waals surface area contributed by atoms with Crippen LogP contribution in [0.25, 0.3) is 0 Å². The summed E-state index contributed by atoms with van der Waals surface area (Å²) in [6.07, 6.45) is -1.32. The second-order valence-corrected chi connectivity index (χ2v) is 3.48. The summed E-state index contributed by atoms with van der Waals surface area (Å²) in [7, 11) is 0. The van der Waals surface area contributed by atoms with Crippen LogP contribution in [0.3, 0.4) is 0 Å². The highest BCUT2D eigenvalue weighted by atomic mass is 79.9. The van der Waals surface area contributed by atoms with Crippen LogP contribution in [0.15, 0.2) is 16.6 Å². The number of hydrogen-bond donors (Lipinski definition) is 2. The predicted octanol–water partition coefficient (Wildman–Crippen LogP) is 3.08. The van der Waals surface area contributed by atoms with E-state index < -0.39 is 11.9 Å². The molecule has 82 valence electrons. The summed E-state index contributed by atoms with van der Waals surface area (Å²) < 4.78 is 18.8. The Bertz CT molecular complexity index is 384. The van der Waals surface area contributed by atoms with Crippen molar-refractivity contribution in [3.05, 3.63) is 22.4 Å². The first kappa shape index (κ1) is 11.8. The van der Waals surface area contributed by atoms with E-state index in [0.717, 1.165) is 6.07 Å². The van der Waals surface area contributed by atoms with E-state index in [4.69, 9.17) is 9.84 Å². The minimum atomic E-state index is -1.32. The Morgan fingerprint density at radius 1 is 1.67 bits per heavy atom. The average molecular weight is 278 g/mol. The molecule has 0 spiro atoms. The molecule has 0 aliphatic carbocycles. The minimum Gasteiger partial charge on any atom is -0.493 e. The molecule has 4 nitrogen and oxygen atoms in total. The Morgan fingerprint density at radius 2 is 2.33 bits per heavy atom. The van der Waals surface area contributed by atoms with Gasteiger partial charge in [-0.2, -0.15) is 0 Å². The van der Waals surface area contributed by atoms with Crippen molar-refractivity contribution in [1.29, 1.82) is 0 Å². The molecule has 15 heavy (non-hydrogen) atoms. The van der Waals surface area contributed by atoms with Crippen LogP contribution in [0, 0.1) is 5.82 Å². The fourth-order valence-electron chi connectivity index (χ4n) is 1.01. The third-order valence-electron chi connectivity index (χ3n) is 1.56. The molecule has 0 saturated carbocycles. The first-order valence-corrected chi connectivity index (χ1v) is 4.95. The number of benzene rings is 1. The van der Waals surface area contributed by atoms with Crippen molar-refractivity contribution < 1.29 is 19.0 Å². The lowest BCUT2D eigenvalue weighted by Crippen LogP contribution is -2.09. The number of carboxylic acid groups (broad SMARTS) is 1. The monoisotopic (exact) mass is 277 g/mol. The number of hydrogen-bond acceptors (Lipinski definition) is 2. The van der Waals surface area contributed by atoms with Crippen molar-refractivity contribution in [3.8, 4) is 5.75 Å². The van der Waals surface area contributed by atoms with Crippen LogP contribution < -0.4 is 10.1 Å². The van der Waals surface area contributed by atoms with Gasteiger partial charge < -0.3 is 9.84 Å². The van der Waals surface area contributed by atoms with Crippen LogP contribution in [0.4, 0.5) is 14.9 Å². The van der Waals surface area contributed by atoms with Gasteiger partial charge in [0.25, 0.3) is 0 Å².